The highest BCUT2D eigenvalue weighted by atomic mass is 19.4. The Bertz CT molecular complexity index is 1230. The third kappa shape index (κ3) is 4.42. The Hall–Kier alpha value is -2.17. The zero-order valence-corrected chi connectivity index (χ0v) is 25.3. The molecule has 0 radical (unpaired) electrons. The summed E-state index contributed by atoms with van der Waals surface area (Å²) in [5, 5.41) is 12.0. The fourth-order valence-corrected chi connectivity index (χ4v) is 10.8. The van der Waals surface area contributed by atoms with Crippen LogP contribution in [0.3, 0.4) is 0 Å². The molecule has 5 aliphatic rings. The van der Waals surface area contributed by atoms with E-state index in [0.29, 0.717) is 38.5 Å². The van der Waals surface area contributed by atoms with Crippen LogP contribution in [0.4, 0.5) is 13.2 Å². The Morgan fingerprint density at radius 2 is 1.71 bits per heavy atom. The van der Waals surface area contributed by atoms with Crippen LogP contribution < -0.4 is 5.32 Å². The van der Waals surface area contributed by atoms with Crippen LogP contribution in [-0.4, -0.2) is 30.2 Å². The Morgan fingerprint density at radius 1 is 1.05 bits per heavy atom. The quantitative estimate of drug-likeness (QED) is 0.386. The van der Waals surface area contributed by atoms with E-state index in [-0.39, 0.29) is 57.6 Å². The van der Waals surface area contributed by atoms with Crippen LogP contribution in [0.15, 0.2) is 11.6 Å². The summed E-state index contributed by atoms with van der Waals surface area (Å²) in [6.45, 7) is 11.5. The van der Waals surface area contributed by atoms with Crippen LogP contribution in [0.25, 0.3) is 0 Å². The average molecular weight is 575 g/mol. The van der Waals surface area contributed by atoms with E-state index in [1.54, 1.807) is 0 Å². The number of nitriles is 1. The van der Waals surface area contributed by atoms with E-state index in [4.69, 9.17) is 0 Å². The summed E-state index contributed by atoms with van der Waals surface area (Å²) >= 11 is 0. The van der Waals surface area contributed by atoms with Gasteiger partial charge in [-0.3, -0.25) is 14.4 Å². The molecule has 0 aromatic heterocycles. The molecule has 0 spiro atoms. The second-order valence-electron chi connectivity index (χ2n) is 15.7. The Kier molecular flexibility index (Phi) is 6.96. The van der Waals surface area contributed by atoms with Crippen LogP contribution in [0.1, 0.15) is 99.3 Å². The van der Waals surface area contributed by atoms with Crippen molar-refractivity contribution in [3.05, 3.63) is 11.6 Å². The van der Waals surface area contributed by atoms with Gasteiger partial charge in [0.2, 0.25) is 5.91 Å². The Labute approximate surface area is 242 Å². The molecular weight excluding hydrogens is 529 g/mol. The predicted molar refractivity (Wildman–Crippen MR) is 148 cm³/mol. The van der Waals surface area contributed by atoms with E-state index in [1.807, 2.05) is 13.0 Å². The van der Waals surface area contributed by atoms with Crippen molar-refractivity contribution in [2.24, 2.45) is 56.7 Å². The van der Waals surface area contributed by atoms with Crippen molar-refractivity contribution in [2.75, 3.05) is 6.54 Å². The maximum absolute atomic E-state index is 14.3. The number of Topliss-reactive ketones (excluding diaryl/α,β-unsaturated/α-hetero) is 2. The van der Waals surface area contributed by atoms with Crippen LogP contribution in [-0.2, 0) is 14.4 Å². The van der Waals surface area contributed by atoms with Gasteiger partial charge >= 0.3 is 6.18 Å². The summed E-state index contributed by atoms with van der Waals surface area (Å²) in [7, 11) is 0. The molecule has 8 heteroatoms. The number of ketones is 2. The molecule has 3 unspecified atom stereocenters. The van der Waals surface area contributed by atoms with Gasteiger partial charge in [-0.1, -0.05) is 47.6 Å². The van der Waals surface area contributed by atoms with Gasteiger partial charge in [0.25, 0.3) is 0 Å². The third-order valence-electron chi connectivity index (χ3n) is 13.4. The highest BCUT2D eigenvalue weighted by Gasteiger charge is 2.69. The summed E-state index contributed by atoms with van der Waals surface area (Å²) in [6, 6.07) is 2.12. The summed E-state index contributed by atoms with van der Waals surface area (Å²) in [6.07, 6.45) is 2.97. The fraction of sp³-hybridized carbons (Fsp3) is 0.818. The molecule has 0 bridgehead atoms. The highest BCUT2D eigenvalue weighted by molar-refractivity contribution is 6.01. The minimum atomic E-state index is -4.49. The first-order valence-electron chi connectivity index (χ1n) is 15.4. The molecule has 1 N–H and O–H groups in total. The number of carbonyl (C=O) groups excluding carboxylic acids is 3. The monoisotopic (exact) mass is 574 g/mol. The van der Waals surface area contributed by atoms with E-state index in [0.717, 1.165) is 19.3 Å². The minimum absolute atomic E-state index is 0.0479. The third-order valence-corrected chi connectivity index (χ3v) is 13.4. The lowest BCUT2D eigenvalue weighted by Gasteiger charge is -2.67. The lowest BCUT2D eigenvalue weighted by Crippen LogP contribution is -2.63. The zero-order valence-electron chi connectivity index (χ0n) is 25.3. The molecule has 4 saturated carbocycles. The van der Waals surface area contributed by atoms with Crippen LogP contribution in [0.5, 0.6) is 0 Å². The maximum Gasteiger partial charge on any atom is 0.405 e. The number of hydrogen-bond acceptors (Lipinski definition) is 4. The number of halogens is 3. The number of nitrogens with one attached hydrogen (secondary N) is 1. The number of allylic oxidation sites excluding steroid dienone is 2. The summed E-state index contributed by atoms with van der Waals surface area (Å²) in [5.74, 6) is -1.20. The number of fused-ring (bicyclic) bond motifs is 6. The fourth-order valence-electron chi connectivity index (χ4n) is 10.8. The molecule has 226 valence electrons. The van der Waals surface area contributed by atoms with E-state index in [9.17, 15) is 32.8 Å². The normalized spacial score (nSPS) is 45.6. The van der Waals surface area contributed by atoms with Gasteiger partial charge in [-0.15, -0.1) is 0 Å². The topological polar surface area (TPSA) is 87.0 Å². The minimum Gasteiger partial charge on any atom is -0.346 e. The molecule has 0 saturated heterocycles. The number of amides is 1. The van der Waals surface area contributed by atoms with Gasteiger partial charge in [-0.25, -0.2) is 0 Å². The average Bonchev–Trinajstić information content (AvgIpc) is 3.01. The van der Waals surface area contributed by atoms with Gasteiger partial charge in [-0.05, 0) is 90.8 Å². The van der Waals surface area contributed by atoms with Gasteiger partial charge in [0, 0.05) is 18.3 Å². The van der Waals surface area contributed by atoms with E-state index in [1.165, 1.54) is 0 Å². The van der Waals surface area contributed by atoms with Crippen molar-refractivity contribution < 1.29 is 27.6 Å². The maximum atomic E-state index is 14.3. The largest absolute Gasteiger partial charge is 0.405 e. The van der Waals surface area contributed by atoms with E-state index in [2.05, 4.69) is 46.0 Å². The molecule has 0 heterocycles. The Morgan fingerprint density at radius 3 is 2.34 bits per heavy atom. The predicted octanol–water partition coefficient (Wildman–Crippen LogP) is 6.96. The van der Waals surface area contributed by atoms with Crippen LogP contribution >= 0.6 is 0 Å². The SMILES string of the molecule is C[C@@H]1C(=O)C(C#N)=C[C@@]2(C)[C@H]1CCC1(C)[C@@H]2CC(=O)C2CC3CC(C)(C)CC[C@]3(C(=O)NCC(F)(F)F)CC[C@]21C. The molecule has 5 nitrogen and oxygen atoms in total. The molecule has 4 fully saturated rings. The van der Waals surface area contributed by atoms with Gasteiger partial charge in [0.1, 0.15) is 18.4 Å². The molecule has 1 amide bonds. The van der Waals surface area contributed by atoms with Crippen molar-refractivity contribution in [1.82, 2.24) is 5.32 Å². The van der Waals surface area contributed by atoms with Crippen molar-refractivity contribution in [2.45, 2.75) is 106 Å². The molecule has 0 aromatic rings. The second kappa shape index (κ2) is 9.41. The smallest absolute Gasteiger partial charge is 0.346 e. The van der Waals surface area contributed by atoms with Crippen molar-refractivity contribution in [3.8, 4) is 6.07 Å². The zero-order chi connectivity index (χ0) is 30.4. The van der Waals surface area contributed by atoms with Crippen molar-refractivity contribution >= 4 is 17.5 Å². The summed E-state index contributed by atoms with van der Waals surface area (Å²) in [4.78, 5) is 40.9. The molecule has 0 aliphatic heterocycles. The van der Waals surface area contributed by atoms with E-state index >= 15 is 0 Å². The Balaban J connectivity index is 1.57. The summed E-state index contributed by atoms with van der Waals surface area (Å²) in [5.41, 5.74) is -2.02. The lowest BCUT2D eigenvalue weighted by molar-refractivity contribution is -0.182. The molecule has 0 aromatic carbocycles. The number of carbonyl (C=O) groups is 3. The number of alkyl halides is 3. The van der Waals surface area contributed by atoms with Crippen molar-refractivity contribution in [1.29, 1.82) is 5.26 Å². The van der Waals surface area contributed by atoms with Crippen molar-refractivity contribution in [3.63, 3.8) is 0 Å². The van der Waals surface area contributed by atoms with Crippen LogP contribution in [0.2, 0.25) is 0 Å². The summed E-state index contributed by atoms with van der Waals surface area (Å²) < 4.78 is 39.5. The first-order chi connectivity index (χ1) is 18.8. The van der Waals surface area contributed by atoms with Gasteiger partial charge in [0.15, 0.2) is 5.78 Å². The standard InChI is InChI=1S/C33H45F3N2O3/c1-19-22-7-8-31(6)25(29(22,4)15-20(17-37)26(19)40)14-24(39)23-13-21-16-28(2,3)9-11-32(21,12-10-30(23,31)5)27(41)38-18-33(34,35)36/h15,19,21-23,25H,7-14,16,18H2,1-6H3,(H,38,41)/t19-,21?,22-,23?,25+,29-,30+,31?,32-/m0/s1. The van der Waals surface area contributed by atoms with Crippen LogP contribution in [0, 0.1) is 68.0 Å². The first-order valence-corrected chi connectivity index (χ1v) is 15.4. The number of rotatable bonds is 2. The lowest BCUT2D eigenvalue weighted by atomic mass is 9.36. The number of hydrogen-bond donors (Lipinski definition) is 1. The number of nitrogens with zero attached hydrogens (tertiary/aromatic N) is 1. The molecule has 5 aliphatic carbocycles. The second-order valence-corrected chi connectivity index (χ2v) is 15.7. The van der Waals surface area contributed by atoms with Gasteiger partial charge in [-0.2, -0.15) is 18.4 Å². The first kappa shape index (κ1) is 30.3. The molecule has 9 atom stereocenters. The highest BCUT2D eigenvalue weighted by Crippen LogP contribution is 2.73. The molecule has 5 rings (SSSR count). The molecule has 41 heavy (non-hydrogen) atoms. The van der Waals surface area contributed by atoms with Gasteiger partial charge in [0.05, 0.1) is 11.0 Å². The van der Waals surface area contributed by atoms with E-state index < -0.39 is 34.9 Å². The molecular formula is C33H45F3N2O3. The van der Waals surface area contributed by atoms with Gasteiger partial charge < -0.3 is 5.32 Å².